The molecule has 0 spiro atoms. The number of aromatic nitrogens is 1. The van der Waals surface area contributed by atoms with Gasteiger partial charge in [-0.15, -0.1) is 0 Å². The predicted molar refractivity (Wildman–Crippen MR) is 54.0 cm³/mol. The highest BCUT2D eigenvalue weighted by molar-refractivity contribution is 5.65. The number of anilines is 1. The Morgan fingerprint density at radius 3 is 2.53 bits per heavy atom. The largest absolute Gasteiger partial charge is 0.395 e. The zero-order valence-electron chi connectivity index (χ0n) is 7.74. The summed E-state index contributed by atoms with van der Waals surface area (Å²) in [6.45, 7) is 0. The molecular weight excluding hydrogens is 198 g/mol. The molecule has 0 bridgehead atoms. The minimum absolute atomic E-state index is 0.0447. The molecule has 2 aromatic rings. The molecule has 0 amide bonds. The van der Waals surface area contributed by atoms with Gasteiger partial charge in [-0.2, -0.15) is 4.39 Å². The number of hydrogen-bond acceptors (Lipinski definition) is 2. The molecule has 2 N–H and O–H groups in total. The quantitative estimate of drug-likeness (QED) is 0.728. The first-order valence-corrected chi connectivity index (χ1v) is 4.34. The number of nitrogens with two attached hydrogens (primary N) is 1. The molecule has 0 saturated heterocycles. The minimum atomic E-state index is -0.713. The number of pyridine rings is 1. The van der Waals surface area contributed by atoms with Crippen molar-refractivity contribution in [2.75, 3.05) is 5.73 Å². The smallest absolute Gasteiger partial charge is 0.236 e. The van der Waals surface area contributed by atoms with Crippen LogP contribution in [0.5, 0.6) is 0 Å². The molecule has 0 unspecified atom stereocenters. The fourth-order valence-corrected chi connectivity index (χ4v) is 1.29. The number of rotatable bonds is 1. The Balaban J connectivity index is 2.50. The topological polar surface area (TPSA) is 38.9 Å². The number of nitrogens with zero attached hydrogens (tertiary/aromatic N) is 1. The minimum Gasteiger partial charge on any atom is -0.395 e. The van der Waals surface area contributed by atoms with Gasteiger partial charge in [0.25, 0.3) is 0 Å². The number of hydrogen-bond donors (Lipinski definition) is 1. The maximum absolute atomic E-state index is 12.9. The van der Waals surface area contributed by atoms with Crippen molar-refractivity contribution >= 4 is 5.69 Å². The van der Waals surface area contributed by atoms with Gasteiger partial charge in [0.1, 0.15) is 5.82 Å². The van der Waals surface area contributed by atoms with E-state index in [0.29, 0.717) is 11.1 Å². The van der Waals surface area contributed by atoms with Gasteiger partial charge in [-0.3, -0.25) is 0 Å². The molecule has 0 aliphatic rings. The zero-order valence-corrected chi connectivity index (χ0v) is 7.74. The number of halogens is 2. The van der Waals surface area contributed by atoms with Crippen LogP contribution in [0.25, 0.3) is 11.1 Å². The molecule has 0 aliphatic carbocycles. The van der Waals surface area contributed by atoms with Crippen LogP contribution in [-0.2, 0) is 0 Å². The van der Waals surface area contributed by atoms with Crippen molar-refractivity contribution in [1.82, 2.24) is 4.98 Å². The van der Waals surface area contributed by atoms with Gasteiger partial charge in [-0.1, -0.05) is 12.1 Å². The second kappa shape index (κ2) is 3.65. The van der Waals surface area contributed by atoms with Crippen LogP contribution in [0.4, 0.5) is 14.5 Å². The Kier molecular flexibility index (Phi) is 2.33. The second-order valence-corrected chi connectivity index (χ2v) is 3.11. The van der Waals surface area contributed by atoms with Gasteiger partial charge in [0, 0.05) is 11.8 Å². The summed E-state index contributed by atoms with van der Waals surface area (Å²) in [7, 11) is 0. The van der Waals surface area contributed by atoms with Crippen LogP contribution in [0.2, 0.25) is 0 Å². The van der Waals surface area contributed by atoms with Crippen LogP contribution in [0.15, 0.2) is 36.5 Å². The molecule has 1 aromatic heterocycles. The maximum Gasteiger partial charge on any atom is 0.236 e. The van der Waals surface area contributed by atoms with Crippen LogP contribution in [0.3, 0.4) is 0 Å². The molecule has 0 radical (unpaired) electrons. The fraction of sp³-hybridized carbons (Fsp3) is 0. The molecule has 0 saturated carbocycles. The van der Waals surface area contributed by atoms with E-state index in [1.165, 1.54) is 24.4 Å². The summed E-state index contributed by atoms with van der Waals surface area (Å²) < 4.78 is 25.7. The third-order valence-corrected chi connectivity index (χ3v) is 2.02. The first-order chi connectivity index (χ1) is 7.16. The fourth-order valence-electron chi connectivity index (χ4n) is 1.29. The third kappa shape index (κ3) is 1.93. The molecule has 15 heavy (non-hydrogen) atoms. The van der Waals surface area contributed by atoms with E-state index in [1.807, 2.05) is 0 Å². The summed E-state index contributed by atoms with van der Waals surface area (Å²) in [6, 6.07) is 7.39. The highest BCUT2D eigenvalue weighted by Crippen LogP contribution is 2.22. The van der Waals surface area contributed by atoms with Crippen LogP contribution in [-0.4, -0.2) is 4.98 Å². The van der Waals surface area contributed by atoms with Gasteiger partial charge >= 0.3 is 0 Å². The average Bonchev–Trinajstić information content (AvgIpc) is 2.22. The van der Waals surface area contributed by atoms with E-state index in [1.54, 1.807) is 12.1 Å². The van der Waals surface area contributed by atoms with Crippen molar-refractivity contribution in [3.05, 3.63) is 48.3 Å². The molecule has 0 atom stereocenters. The van der Waals surface area contributed by atoms with Gasteiger partial charge < -0.3 is 5.73 Å². The number of benzene rings is 1. The van der Waals surface area contributed by atoms with Gasteiger partial charge in [0.05, 0.1) is 5.69 Å². The van der Waals surface area contributed by atoms with Crippen molar-refractivity contribution in [2.24, 2.45) is 0 Å². The number of nitrogen functional groups attached to an aromatic ring is 1. The Morgan fingerprint density at radius 2 is 1.87 bits per heavy atom. The van der Waals surface area contributed by atoms with E-state index >= 15 is 0 Å². The van der Waals surface area contributed by atoms with E-state index in [9.17, 15) is 8.78 Å². The molecule has 0 aliphatic heterocycles. The lowest BCUT2D eigenvalue weighted by Gasteiger charge is -2.02. The molecular formula is C11H8F2N2. The Morgan fingerprint density at radius 1 is 1.07 bits per heavy atom. The van der Waals surface area contributed by atoms with E-state index in [2.05, 4.69) is 4.98 Å². The van der Waals surface area contributed by atoms with E-state index in [-0.39, 0.29) is 11.5 Å². The molecule has 76 valence electrons. The van der Waals surface area contributed by atoms with Crippen LogP contribution in [0, 0.1) is 11.8 Å². The lowest BCUT2D eigenvalue weighted by molar-refractivity contribution is 0.589. The highest BCUT2D eigenvalue weighted by atomic mass is 19.1. The van der Waals surface area contributed by atoms with E-state index < -0.39 is 5.95 Å². The monoisotopic (exact) mass is 206 g/mol. The summed E-state index contributed by atoms with van der Waals surface area (Å²) in [5, 5.41) is 0. The molecule has 1 aromatic carbocycles. The van der Waals surface area contributed by atoms with Crippen molar-refractivity contribution in [3.63, 3.8) is 0 Å². The summed E-state index contributed by atoms with van der Waals surface area (Å²) in [5.41, 5.74) is 6.53. The first-order valence-electron chi connectivity index (χ1n) is 4.34. The second-order valence-electron chi connectivity index (χ2n) is 3.11. The average molecular weight is 206 g/mol. The molecule has 1 heterocycles. The van der Waals surface area contributed by atoms with Crippen molar-refractivity contribution in [3.8, 4) is 11.1 Å². The Labute approximate surface area is 85.4 Å². The summed E-state index contributed by atoms with van der Waals surface area (Å²) in [5.74, 6) is -1.06. The summed E-state index contributed by atoms with van der Waals surface area (Å²) >= 11 is 0. The van der Waals surface area contributed by atoms with Gasteiger partial charge in [0.2, 0.25) is 5.95 Å². The Hall–Kier alpha value is -1.97. The summed E-state index contributed by atoms with van der Waals surface area (Å²) in [6.07, 6.45) is 1.32. The van der Waals surface area contributed by atoms with Gasteiger partial charge in [-0.05, 0) is 23.8 Å². The summed E-state index contributed by atoms with van der Waals surface area (Å²) in [4.78, 5) is 3.47. The lowest BCUT2D eigenvalue weighted by Crippen LogP contribution is -1.94. The van der Waals surface area contributed by atoms with Crippen LogP contribution in [0.1, 0.15) is 0 Å². The standard InChI is InChI=1S/C11H8F2N2/c12-9-3-1-2-7(4-9)8-5-10(14)11(13)15-6-8/h1-6H,14H2. The van der Waals surface area contributed by atoms with Gasteiger partial charge in [-0.25, -0.2) is 9.37 Å². The third-order valence-electron chi connectivity index (χ3n) is 2.02. The molecule has 2 rings (SSSR count). The predicted octanol–water partition coefficient (Wildman–Crippen LogP) is 2.61. The molecule has 0 fully saturated rings. The maximum atomic E-state index is 12.9. The first kappa shape index (κ1) is 9.58. The highest BCUT2D eigenvalue weighted by Gasteiger charge is 2.03. The van der Waals surface area contributed by atoms with Crippen LogP contribution < -0.4 is 5.73 Å². The molecule has 2 nitrogen and oxygen atoms in total. The van der Waals surface area contributed by atoms with E-state index in [4.69, 9.17) is 5.73 Å². The SMILES string of the molecule is Nc1cc(-c2cccc(F)c2)cnc1F. The van der Waals surface area contributed by atoms with E-state index in [0.717, 1.165) is 0 Å². The van der Waals surface area contributed by atoms with Crippen molar-refractivity contribution < 1.29 is 8.78 Å². The molecule has 4 heteroatoms. The Bertz CT molecular complexity index is 498. The zero-order chi connectivity index (χ0) is 10.8. The van der Waals surface area contributed by atoms with Crippen molar-refractivity contribution in [1.29, 1.82) is 0 Å². The van der Waals surface area contributed by atoms with Crippen molar-refractivity contribution in [2.45, 2.75) is 0 Å². The lowest BCUT2D eigenvalue weighted by atomic mass is 10.1. The van der Waals surface area contributed by atoms with Gasteiger partial charge in [0.15, 0.2) is 0 Å². The van der Waals surface area contributed by atoms with Crippen LogP contribution >= 0.6 is 0 Å². The normalized spacial score (nSPS) is 10.3.